The molecule has 1 aliphatic carbocycles. The van der Waals surface area contributed by atoms with Gasteiger partial charge in [-0.25, -0.2) is 0 Å². The summed E-state index contributed by atoms with van der Waals surface area (Å²) < 4.78 is 0. The molecule has 5 nitrogen and oxygen atoms in total. The maximum Gasteiger partial charge on any atom is 0.191 e. The van der Waals surface area contributed by atoms with E-state index in [1.807, 2.05) is 7.05 Å². The molecule has 0 bridgehead atoms. The summed E-state index contributed by atoms with van der Waals surface area (Å²) in [4.78, 5) is 9.41. The van der Waals surface area contributed by atoms with Crippen LogP contribution in [0.3, 0.4) is 0 Å². The van der Waals surface area contributed by atoms with Gasteiger partial charge in [0.2, 0.25) is 0 Å². The predicted octanol–water partition coefficient (Wildman–Crippen LogP) is 2.93. The zero-order valence-corrected chi connectivity index (χ0v) is 17.6. The lowest BCUT2D eigenvalue weighted by Gasteiger charge is -2.32. The first-order chi connectivity index (χ1) is 12.7. The maximum absolute atomic E-state index is 4.40. The lowest BCUT2D eigenvalue weighted by atomic mass is 9.85. The highest BCUT2D eigenvalue weighted by molar-refractivity contribution is 5.79. The highest BCUT2D eigenvalue weighted by atomic mass is 15.2. The van der Waals surface area contributed by atoms with E-state index in [4.69, 9.17) is 0 Å². The van der Waals surface area contributed by atoms with Crippen LogP contribution in [0.4, 0.5) is 0 Å². The third-order valence-corrected chi connectivity index (χ3v) is 6.13. The van der Waals surface area contributed by atoms with Crippen LogP contribution in [-0.4, -0.2) is 75.2 Å². The van der Waals surface area contributed by atoms with Gasteiger partial charge in [0.25, 0.3) is 0 Å². The Bertz CT molecular complexity index is 384. The zero-order chi connectivity index (χ0) is 18.6. The first-order valence-electron chi connectivity index (χ1n) is 11.1. The Morgan fingerprint density at radius 3 is 2.50 bits per heavy atom. The van der Waals surface area contributed by atoms with E-state index in [1.54, 1.807) is 0 Å². The lowest BCUT2D eigenvalue weighted by Crippen LogP contribution is -2.45. The van der Waals surface area contributed by atoms with E-state index in [2.05, 4.69) is 39.4 Å². The SMILES string of the molecule is CN=C(NCCCCN1CCN(C)CC1)NC(C)CCC1CCCCC1. The number of rotatable bonds is 9. The van der Waals surface area contributed by atoms with Crippen molar-refractivity contribution < 1.29 is 0 Å². The fourth-order valence-corrected chi connectivity index (χ4v) is 4.20. The highest BCUT2D eigenvalue weighted by Crippen LogP contribution is 2.27. The van der Waals surface area contributed by atoms with Crippen LogP contribution in [0.15, 0.2) is 4.99 Å². The number of hydrogen-bond acceptors (Lipinski definition) is 3. The third kappa shape index (κ3) is 8.72. The van der Waals surface area contributed by atoms with Crippen molar-refractivity contribution in [1.29, 1.82) is 0 Å². The second kappa shape index (κ2) is 12.6. The summed E-state index contributed by atoms with van der Waals surface area (Å²) >= 11 is 0. The fraction of sp³-hybridized carbons (Fsp3) is 0.952. The molecule has 1 saturated carbocycles. The summed E-state index contributed by atoms with van der Waals surface area (Å²) in [6, 6.07) is 0.508. The molecule has 2 rings (SSSR count). The molecule has 2 fully saturated rings. The molecular weight excluding hydrogens is 322 g/mol. The Balaban J connectivity index is 1.50. The second-order valence-electron chi connectivity index (χ2n) is 8.48. The molecule has 0 spiro atoms. The van der Waals surface area contributed by atoms with Gasteiger partial charge in [-0.2, -0.15) is 0 Å². The summed E-state index contributed by atoms with van der Waals surface area (Å²) in [5.74, 6) is 1.94. The van der Waals surface area contributed by atoms with Gasteiger partial charge in [0.1, 0.15) is 0 Å². The Labute approximate surface area is 162 Å². The Morgan fingerprint density at radius 1 is 1.08 bits per heavy atom. The number of nitrogens with zero attached hydrogens (tertiary/aromatic N) is 3. The number of aliphatic imine (C=N–C) groups is 1. The van der Waals surface area contributed by atoms with E-state index in [9.17, 15) is 0 Å². The van der Waals surface area contributed by atoms with Crippen molar-refractivity contribution >= 4 is 5.96 Å². The largest absolute Gasteiger partial charge is 0.356 e. The van der Waals surface area contributed by atoms with Crippen molar-refractivity contribution in [2.75, 3.05) is 53.4 Å². The van der Waals surface area contributed by atoms with Crippen LogP contribution in [0, 0.1) is 5.92 Å². The molecule has 0 aromatic heterocycles. The molecule has 1 aliphatic heterocycles. The van der Waals surface area contributed by atoms with Crippen molar-refractivity contribution in [1.82, 2.24) is 20.4 Å². The molecule has 0 aromatic carbocycles. The lowest BCUT2D eigenvalue weighted by molar-refractivity contribution is 0.152. The van der Waals surface area contributed by atoms with Gasteiger partial charge in [-0.3, -0.25) is 4.99 Å². The van der Waals surface area contributed by atoms with Crippen LogP contribution in [0.2, 0.25) is 0 Å². The van der Waals surface area contributed by atoms with Crippen LogP contribution < -0.4 is 10.6 Å². The maximum atomic E-state index is 4.40. The molecule has 1 heterocycles. The van der Waals surface area contributed by atoms with Crippen LogP contribution in [-0.2, 0) is 0 Å². The van der Waals surface area contributed by atoms with Crippen LogP contribution in [0.1, 0.15) is 64.7 Å². The minimum absolute atomic E-state index is 0.508. The van der Waals surface area contributed by atoms with E-state index in [0.29, 0.717) is 6.04 Å². The second-order valence-corrected chi connectivity index (χ2v) is 8.48. The molecule has 2 N–H and O–H groups in total. The number of likely N-dealkylation sites (N-methyl/N-ethyl adjacent to an activating group) is 1. The Morgan fingerprint density at radius 2 is 1.81 bits per heavy atom. The minimum Gasteiger partial charge on any atom is -0.356 e. The molecule has 0 aromatic rings. The monoisotopic (exact) mass is 365 g/mol. The number of unbranched alkanes of at least 4 members (excludes halogenated alkanes) is 1. The van der Waals surface area contributed by atoms with Gasteiger partial charge in [-0.05, 0) is 52.1 Å². The highest BCUT2D eigenvalue weighted by Gasteiger charge is 2.15. The van der Waals surface area contributed by atoms with E-state index in [0.717, 1.165) is 18.4 Å². The van der Waals surface area contributed by atoms with Gasteiger partial charge >= 0.3 is 0 Å². The summed E-state index contributed by atoms with van der Waals surface area (Å²) in [6.45, 7) is 9.43. The van der Waals surface area contributed by atoms with Gasteiger partial charge in [0.15, 0.2) is 5.96 Å². The summed E-state index contributed by atoms with van der Waals surface area (Å²) in [7, 11) is 4.10. The smallest absolute Gasteiger partial charge is 0.191 e. The van der Waals surface area contributed by atoms with Crippen molar-refractivity contribution in [3.63, 3.8) is 0 Å². The van der Waals surface area contributed by atoms with Crippen LogP contribution in [0.25, 0.3) is 0 Å². The standard InChI is InChI=1S/C21H43N5/c1-19(11-12-20-9-5-4-6-10-20)24-21(22-2)23-13-7-8-14-26-17-15-25(3)16-18-26/h19-20H,4-18H2,1-3H3,(H2,22,23,24). The van der Waals surface area contributed by atoms with E-state index in [1.165, 1.54) is 90.5 Å². The van der Waals surface area contributed by atoms with Gasteiger partial charge in [0.05, 0.1) is 0 Å². The van der Waals surface area contributed by atoms with Crippen LogP contribution in [0.5, 0.6) is 0 Å². The zero-order valence-electron chi connectivity index (χ0n) is 17.6. The van der Waals surface area contributed by atoms with E-state index < -0.39 is 0 Å². The predicted molar refractivity (Wildman–Crippen MR) is 113 cm³/mol. The van der Waals surface area contributed by atoms with Crippen molar-refractivity contribution in [2.24, 2.45) is 10.9 Å². The van der Waals surface area contributed by atoms with Gasteiger partial charge < -0.3 is 20.4 Å². The molecule has 1 unspecified atom stereocenters. The molecule has 152 valence electrons. The van der Waals surface area contributed by atoms with Crippen molar-refractivity contribution in [2.45, 2.75) is 70.8 Å². The van der Waals surface area contributed by atoms with E-state index >= 15 is 0 Å². The molecule has 0 amide bonds. The number of nitrogens with one attached hydrogen (secondary N) is 2. The topological polar surface area (TPSA) is 42.9 Å². The van der Waals surface area contributed by atoms with Crippen molar-refractivity contribution in [3.8, 4) is 0 Å². The van der Waals surface area contributed by atoms with Gasteiger partial charge in [-0.15, -0.1) is 0 Å². The van der Waals surface area contributed by atoms with Crippen molar-refractivity contribution in [3.05, 3.63) is 0 Å². The third-order valence-electron chi connectivity index (χ3n) is 6.13. The summed E-state index contributed by atoms with van der Waals surface area (Å²) in [5.41, 5.74) is 0. The molecule has 1 saturated heterocycles. The Kier molecular flexibility index (Phi) is 10.4. The normalized spacial score (nSPS) is 22.3. The van der Waals surface area contributed by atoms with Gasteiger partial charge in [0, 0.05) is 45.8 Å². The Hall–Kier alpha value is -0.810. The number of guanidine groups is 1. The quantitative estimate of drug-likeness (QED) is 0.375. The average Bonchev–Trinajstić information content (AvgIpc) is 2.67. The molecule has 26 heavy (non-hydrogen) atoms. The first kappa shape index (κ1) is 21.5. The molecule has 1 atom stereocenters. The number of piperazine rings is 1. The first-order valence-corrected chi connectivity index (χ1v) is 11.1. The summed E-state index contributed by atoms with van der Waals surface area (Å²) in [5, 5.41) is 7.07. The molecule has 0 radical (unpaired) electrons. The summed E-state index contributed by atoms with van der Waals surface area (Å²) in [6.07, 6.45) is 12.4. The molecule has 5 heteroatoms. The van der Waals surface area contributed by atoms with E-state index in [-0.39, 0.29) is 0 Å². The minimum atomic E-state index is 0.508. The number of hydrogen-bond donors (Lipinski definition) is 2. The molecular formula is C21H43N5. The van der Waals surface area contributed by atoms with Crippen LogP contribution >= 0.6 is 0 Å². The van der Waals surface area contributed by atoms with Gasteiger partial charge in [-0.1, -0.05) is 32.1 Å². The fourth-order valence-electron chi connectivity index (χ4n) is 4.20. The molecule has 2 aliphatic rings. The average molecular weight is 366 g/mol.